The summed E-state index contributed by atoms with van der Waals surface area (Å²) in [5.41, 5.74) is 0.823. The van der Waals surface area contributed by atoms with Gasteiger partial charge in [-0.2, -0.15) is 0 Å². The first-order valence-electron chi connectivity index (χ1n) is 10.6. The van der Waals surface area contributed by atoms with Crippen LogP contribution in [0.15, 0.2) is 53.5 Å². The highest BCUT2D eigenvalue weighted by atomic mass is 19.1. The molecule has 164 valence electrons. The molecule has 1 unspecified atom stereocenters. The van der Waals surface area contributed by atoms with Crippen LogP contribution in [-0.2, 0) is 4.79 Å². The Kier molecular flexibility index (Phi) is 4.92. The first-order chi connectivity index (χ1) is 15.5. The number of fused-ring (bicyclic) bond motifs is 1. The number of halogens is 1. The molecule has 0 bridgehead atoms. The van der Waals surface area contributed by atoms with Crippen molar-refractivity contribution in [1.29, 1.82) is 0 Å². The molecule has 1 amide bonds. The lowest BCUT2D eigenvalue weighted by Gasteiger charge is -2.41. The standard InChI is InChI=1S/C24H22FN3O4/c25-19-10-17-20(28(16-6-7-16)12-18(23(17)30)24(31)32)11-21(19)26-8-9-27(14-29)22(13-26)15-4-2-1-3-5-15/h1-5,10-12,14,16,22H,6-9,13H2,(H,31,32). The molecule has 1 atom stereocenters. The van der Waals surface area contributed by atoms with E-state index in [1.807, 2.05) is 35.2 Å². The summed E-state index contributed by atoms with van der Waals surface area (Å²) in [5, 5.41) is 9.49. The molecule has 32 heavy (non-hydrogen) atoms. The summed E-state index contributed by atoms with van der Waals surface area (Å²) in [6.07, 6.45) is 3.98. The number of pyridine rings is 1. The summed E-state index contributed by atoms with van der Waals surface area (Å²) in [6, 6.07) is 12.3. The van der Waals surface area contributed by atoms with Crippen molar-refractivity contribution in [2.24, 2.45) is 0 Å². The SMILES string of the molecule is O=CN1CCN(c2cc3c(cc2F)c(=O)c(C(=O)O)cn3C2CC2)CC1c1ccccc1. The number of carboxylic acids is 1. The Labute approximate surface area is 183 Å². The maximum absolute atomic E-state index is 15.3. The monoisotopic (exact) mass is 435 g/mol. The van der Waals surface area contributed by atoms with Gasteiger partial charge in [-0.3, -0.25) is 9.59 Å². The van der Waals surface area contributed by atoms with Crippen LogP contribution in [0.5, 0.6) is 0 Å². The van der Waals surface area contributed by atoms with E-state index in [0.717, 1.165) is 30.9 Å². The number of amides is 1. The Morgan fingerprint density at radius 3 is 2.53 bits per heavy atom. The van der Waals surface area contributed by atoms with E-state index < -0.39 is 17.2 Å². The maximum Gasteiger partial charge on any atom is 0.341 e. The highest BCUT2D eigenvalue weighted by Gasteiger charge is 2.31. The van der Waals surface area contributed by atoms with Crippen LogP contribution in [0.4, 0.5) is 10.1 Å². The van der Waals surface area contributed by atoms with E-state index >= 15 is 4.39 Å². The summed E-state index contributed by atoms with van der Waals surface area (Å²) < 4.78 is 17.0. The smallest absolute Gasteiger partial charge is 0.341 e. The average molecular weight is 435 g/mol. The Morgan fingerprint density at radius 2 is 1.88 bits per heavy atom. The minimum Gasteiger partial charge on any atom is -0.477 e. The highest BCUT2D eigenvalue weighted by Crippen LogP contribution is 2.38. The topological polar surface area (TPSA) is 82.8 Å². The minimum atomic E-state index is -1.31. The number of carbonyl (C=O) groups is 2. The van der Waals surface area contributed by atoms with Gasteiger partial charge in [0.1, 0.15) is 11.4 Å². The van der Waals surface area contributed by atoms with E-state index in [1.165, 1.54) is 6.20 Å². The quantitative estimate of drug-likeness (QED) is 0.623. The predicted octanol–water partition coefficient (Wildman–Crippen LogP) is 3.19. The molecule has 1 aliphatic carbocycles. The summed E-state index contributed by atoms with van der Waals surface area (Å²) in [4.78, 5) is 39.5. The molecule has 2 aliphatic rings. The van der Waals surface area contributed by atoms with Gasteiger partial charge in [0.25, 0.3) is 0 Å². The van der Waals surface area contributed by atoms with Crippen LogP contribution in [0.25, 0.3) is 10.9 Å². The fourth-order valence-corrected chi connectivity index (χ4v) is 4.52. The van der Waals surface area contributed by atoms with E-state index in [-0.39, 0.29) is 23.0 Å². The highest BCUT2D eigenvalue weighted by molar-refractivity contribution is 5.93. The van der Waals surface area contributed by atoms with Crippen LogP contribution in [0.2, 0.25) is 0 Å². The van der Waals surface area contributed by atoms with Crippen molar-refractivity contribution in [2.75, 3.05) is 24.5 Å². The number of carbonyl (C=O) groups excluding carboxylic acids is 1. The molecule has 8 heteroatoms. The second kappa shape index (κ2) is 7.78. The molecule has 1 aliphatic heterocycles. The zero-order valence-electron chi connectivity index (χ0n) is 17.3. The first-order valence-corrected chi connectivity index (χ1v) is 10.6. The van der Waals surface area contributed by atoms with Crippen LogP contribution in [0, 0.1) is 5.82 Å². The van der Waals surface area contributed by atoms with Gasteiger partial charge in [-0.1, -0.05) is 30.3 Å². The third kappa shape index (κ3) is 3.41. The zero-order valence-corrected chi connectivity index (χ0v) is 17.3. The van der Waals surface area contributed by atoms with Gasteiger partial charge in [-0.05, 0) is 30.5 Å². The molecule has 5 rings (SSSR count). The molecule has 0 spiro atoms. The number of benzene rings is 2. The number of rotatable bonds is 5. The number of nitrogens with zero attached hydrogens (tertiary/aromatic N) is 3. The Bertz CT molecular complexity index is 1270. The first kappa shape index (κ1) is 20.2. The lowest BCUT2D eigenvalue weighted by molar-refractivity contribution is -0.120. The van der Waals surface area contributed by atoms with Crippen molar-refractivity contribution in [3.05, 3.63) is 75.8 Å². The van der Waals surface area contributed by atoms with Crippen LogP contribution in [-0.4, -0.2) is 46.6 Å². The molecule has 3 aromatic rings. The molecule has 1 N–H and O–H groups in total. The van der Waals surface area contributed by atoms with Crippen molar-refractivity contribution in [2.45, 2.75) is 24.9 Å². The number of carboxylic acid groups (broad SMARTS) is 1. The second-order valence-electron chi connectivity index (χ2n) is 8.35. The van der Waals surface area contributed by atoms with Gasteiger partial charge < -0.3 is 19.5 Å². The summed E-state index contributed by atoms with van der Waals surface area (Å²) in [5.74, 6) is -1.89. The molecular weight excluding hydrogens is 413 g/mol. The van der Waals surface area contributed by atoms with Crippen molar-refractivity contribution < 1.29 is 19.1 Å². The largest absolute Gasteiger partial charge is 0.477 e. The fraction of sp³-hybridized carbons (Fsp3) is 0.292. The molecule has 2 aromatic carbocycles. The molecule has 0 radical (unpaired) electrons. The lowest BCUT2D eigenvalue weighted by Crippen LogP contribution is -2.48. The normalized spacial score (nSPS) is 18.7. The number of piperazine rings is 1. The maximum atomic E-state index is 15.3. The minimum absolute atomic E-state index is 0.0733. The van der Waals surface area contributed by atoms with Gasteiger partial charge >= 0.3 is 5.97 Å². The number of anilines is 1. The molecule has 1 saturated heterocycles. The zero-order chi connectivity index (χ0) is 22.4. The van der Waals surface area contributed by atoms with Gasteiger partial charge in [0.05, 0.1) is 17.2 Å². The van der Waals surface area contributed by atoms with Crippen LogP contribution >= 0.6 is 0 Å². The van der Waals surface area contributed by atoms with E-state index in [4.69, 9.17) is 0 Å². The Hall–Kier alpha value is -3.68. The number of aromatic carboxylic acids is 1. The van der Waals surface area contributed by atoms with Gasteiger partial charge in [0.15, 0.2) is 0 Å². The van der Waals surface area contributed by atoms with Crippen LogP contribution in [0.3, 0.4) is 0 Å². The molecule has 1 aromatic heterocycles. The van der Waals surface area contributed by atoms with Crippen molar-refractivity contribution >= 4 is 29.0 Å². The van der Waals surface area contributed by atoms with Gasteiger partial charge in [0.2, 0.25) is 11.8 Å². The van der Waals surface area contributed by atoms with E-state index in [0.29, 0.717) is 30.8 Å². The molecule has 1 saturated carbocycles. The van der Waals surface area contributed by atoms with E-state index in [2.05, 4.69) is 0 Å². The predicted molar refractivity (Wildman–Crippen MR) is 118 cm³/mol. The molecule has 7 nitrogen and oxygen atoms in total. The molecular formula is C24H22FN3O4. The summed E-state index contributed by atoms with van der Waals surface area (Å²) in [7, 11) is 0. The third-order valence-electron chi connectivity index (χ3n) is 6.35. The van der Waals surface area contributed by atoms with Gasteiger partial charge in [-0.15, -0.1) is 0 Å². The second-order valence-corrected chi connectivity index (χ2v) is 8.35. The average Bonchev–Trinajstić information content (AvgIpc) is 3.64. The third-order valence-corrected chi connectivity index (χ3v) is 6.35. The molecule has 2 heterocycles. The summed E-state index contributed by atoms with van der Waals surface area (Å²) in [6.45, 7) is 1.30. The van der Waals surface area contributed by atoms with Crippen molar-refractivity contribution in [3.63, 3.8) is 0 Å². The number of hydrogen-bond donors (Lipinski definition) is 1. The van der Waals surface area contributed by atoms with Crippen LogP contribution in [0.1, 0.15) is 40.8 Å². The Balaban J connectivity index is 1.60. The number of hydrogen-bond acceptors (Lipinski definition) is 4. The number of aromatic nitrogens is 1. The fourth-order valence-electron chi connectivity index (χ4n) is 4.52. The van der Waals surface area contributed by atoms with Crippen molar-refractivity contribution in [3.8, 4) is 0 Å². The molecule has 2 fully saturated rings. The van der Waals surface area contributed by atoms with E-state index in [1.54, 1.807) is 15.5 Å². The van der Waals surface area contributed by atoms with Gasteiger partial charge in [-0.25, -0.2) is 9.18 Å². The lowest BCUT2D eigenvalue weighted by atomic mass is 10.0. The summed E-state index contributed by atoms with van der Waals surface area (Å²) >= 11 is 0. The van der Waals surface area contributed by atoms with Crippen LogP contribution < -0.4 is 10.3 Å². The van der Waals surface area contributed by atoms with E-state index in [9.17, 15) is 19.5 Å². The van der Waals surface area contributed by atoms with Gasteiger partial charge in [0, 0.05) is 37.3 Å². The Morgan fingerprint density at radius 1 is 1.12 bits per heavy atom. The van der Waals surface area contributed by atoms with Crippen molar-refractivity contribution in [1.82, 2.24) is 9.47 Å².